The van der Waals surface area contributed by atoms with Crippen molar-refractivity contribution in [3.8, 4) is 0 Å². The predicted octanol–water partition coefficient (Wildman–Crippen LogP) is 3.29. The molecule has 0 aromatic heterocycles. The zero-order valence-electron chi connectivity index (χ0n) is 12.1. The van der Waals surface area contributed by atoms with Crippen LogP contribution in [0.3, 0.4) is 0 Å². The second-order valence-electron chi connectivity index (χ2n) is 7.26. The van der Waals surface area contributed by atoms with E-state index in [9.17, 15) is 4.79 Å². The molecule has 2 bridgehead atoms. The average Bonchev–Trinajstić information content (AvgIpc) is 2.71. The van der Waals surface area contributed by atoms with Crippen LogP contribution in [0, 0.1) is 34.8 Å². The molecule has 0 N–H and O–H groups in total. The van der Waals surface area contributed by atoms with Gasteiger partial charge >= 0.3 is 0 Å². The average molecular weight is 447 g/mol. The van der Waals surface area contributed by atoms with E-state index in [0.29, 0.717) is 11.8 Å². The Morgan fingerprint density at radius 2 is 2.10 bits per heavy atom. The summed E-state index contributed by atoms with van der Waals surface area (Å²) in [6.45, 7) is 7.12. The van der Waals surface area contributed by atoms with Gasteiger partial charge in [-0.15, -0.1) is 18.2 Å². The van der Waals surface area contributed by atoms with Crippen molar-refractivity contribution < 1.29 is 24.9 Å². The topological polar surface area (TPSA) is 20.3 Å². The van der Waals surface area contributed by atoms with E-state index in [1.54, 1.807) is 4.90 Å². The van der Waals surface area contributed by atoms with Gasteiger partial charge < -0.3 is 9.69 Å². The molecule has 0 spiro atoms. The molecule has 4 atom stereocenters. The van der Waals surface area contributed by atoms with Crippen LogP contribution in [-0.2, 0) is 24.9 Å². The maximum absolute atomic E-state index is 12.8. The number of fused-ring (bicyclic) bond motifs is 6. The molecule has 0 saturated heterocycles. The maximum Gasteiger partial charge on any atom is 0.151 e. The van der Waals surface area contributed by atoms with Crippen LogP contribution in [0.4, 0.5) is 0 Å². The van der Waals surface area contributed by atoms with Crippen LogP contribution in [0.5, 0.6) is 0 Å². The summed E-state index contributed by atoms with van der Waals surface area (Å²) < 4.78 is 0. The van der Waals surface area contributed by atoms with Gasteiger partial charge in [-0.1, -0.05) is 33.0 Å². The molecule has 2 aliphatic carbocycles. The molecule has 2 heterocycles. The van der Waals surface area contributed by atoms with Crippen LogP contribution in [0.15, 0.2) is 30.0 Å². The molecule has 1 amide bonds. The minimum Gasteiger partial charge on any atom is -0.408 e. The van der Waals surface area contributed by atoms with Crippen molar-refractivity contribution >= 4 is 5.91 Å². The van der Waals surface area contributed by atoms with Gasteiger partial charge in [0.1, 0.15) is 0 Å². The maximum atomic E-state index is 12.8. The quantitative estimate of drug-likeness (QED) is 0.523. The number of carbonyl (C=O) groups excluding carboxylic acids is 1. The number of rotatable bonds is 0. The summed E-state index contributed by atoms with van der Waals surface area (Å²) in [4.78, 5) is 14.6. The number of allylic oxidation sites excluding steroid dienone is 4. The molecular formula is C17H20IrNO-. The summed E-state index contributed by atoms with van der Waals surface area (Å²) in [6.07, 6.45) is 13.7. The van der Waals surface area contributed by atoms with Crippen LogP contribution in [0.2, 0.25) is 0 Å². The molecular weight excluding hydrogens is 426 g/mol. The summed E-state index contributed by atoms with van der Waals surface area (Å²) in [5.74, 6) is 1.37. The zero-order chi connectivity index (χ0) is 13.4. The van der Waals surface area contributed by atoms with Crippen molar-refractivity contribution in [2.75, 3.05) is 0 Å². The first-order valence-corrected chi connectivity index (χ1v) is 7.29. The van der Waals surface area contributed by atoms with Gasteiger partial charge in [-0.2, -0.15) is 0 Å². The summed E-state index contributed by atoms with van der Waals surface area (Å²) in [5.41, 5.74) is 1.56. The van der Waals surface area contributed by atoms with Gasteiger partial charge in [0, 0.05) is 26.0 Å². The second kappa shape index (κ2) is 4.18. The molecule has 1 radical (unpaired) electrons. The van der Waals surface area contributed by atoms with Crippen molar-refractivity contribution in [1.82, 2.24) is 4.90 Å². The molecule has 2 aliphatic heterocycles. The molecule has 4 rings (SSSR count). The summed E-state index contributed by atoms with van der Waals surface area (Å²) in [5, 5.41) is 0. The Balaban J connectivity index is 0.00000121. The predicted molar refractivity (Wildman–Crippen MR) is 73.5 cm³/mol. The van der Waals surface area contributed by atoms with Crippen LogP contribution in [-0.4, -0.2) is 10.8 Å². The third kappa shape index (κ3) is 1.41. The first kappa shape index (κ1) is 14.3. The van der Waals surface area contributed by atoms with E-state index in [1.807, 2.05) is 18.2 Å². The van der Waals surface area contributed by atoms with Crippen LogP contribution in [0.1, 0.15) is 33.6 Å². The number of carbonyl (C=O) groups is 1. The van der Waals surface area contributed by atoms with E-state index in [-0.39, 0.29) is 42.8 Å². The minimum absolute atomic E-state index is 0. The Bertz CT molecular complexity index is 559. The normalized spacial score (nSPS) is 43.0. The smallest absolute Gasteiger partial charge is 0.151 e. The van der Waals surface area contributed by atoms with Gasteiger partial charge in [-0.05, 0) is 41.2 Å². The molecule has 3 heteroatoms. The molecule has 109 valence electrons. The molecule has 0 aromatic carbocycles. The fourth-order valence-electron chi connectivity index (χ4n) is 5.11. The monoisotopic (exact) mass is 447 g/mol. The summed E-state index contributed by atoms with van der Waals surface area (Å²) in [7, 11) is 0. The van der Waals surface area contributed by atoms with E-state index < -0.39 is 0 Å². The van der Waals surface area contributed by atoms with Crippen molar-refractivity contribution in [3.63, 3.8) is 0 Å². The van der Waals surface area contributed by atoms with Crippen molar-refractivity contribution in [1.29, 1.82) is 0 Å². The Kier molecular flexibility index (Phi) is 2.98. The molecule has 4 unspecified atom stereocenters. The van der Waals surface area contributed by atoms with E-state index in [0.717, 1.165) is 5.70 Å². The molecule has 0 aromatic rings. The zero-order valence-corrected chi connectivity index (χ0v) is 14.5. The van der Waals surface area contributed by atoms with E-state index in [1.165, 1.54) is 12.8 Å². The van der Waals surface area contributed by atoms with Gasteiger partial charge in [0.15, 0.2) is 5.91 Å². The largest absolute Gasteiger partial charge is 0.408 e. The van der Waals surface area contributed by atoms with E-state index >= 15 is 0 Å². The molecule has 20 heavy (non-hydrogen) atoms. The molecule has 2 saturated carbocycles. The Hall–Kier alpha value is -0.661. The van der Waals surface area contributed by atoms with Gasteiger partial charge in [0.25, 0.3) is 0 Å². The third-order valence-electron chi connectivity index (χ3n) is 6.61. The van der Waals surface area contributed by atoms with E-state index in [4.69, 9.17) is 0 Å². The number of hydrogen-bond acceptors (Lipinski definition) is 1. The van der Waals surface area contributed by atoms with E-state index in [2.05, 4.69) is 33.0 Å². The molecule has 2 fully saturated rings. The number of amides is 1. The van der Waals surface area contributed by atoms with Crippen molar-refractivity contribution in [3.05, 3.63) is 36.2 Å². The number of hydrogen-bond donors (Lipinski definition) is 0. The van der Waals surface area contributed by atoms with Crippen LogP contribution < -0.4 is 0 Å². The van der Waals surface area contributed by atoms with Gasteiger partial charge in [0.05, 0.1) is 0 Å². The van der Waals surface area contributed by atoms with Gasteiger partial charge in [-0.25, -0.2) is 0 Å². The molecule has 2 nitrogen and oxygen atoms in total. The van der Waals surface area contributed by atoms with Crippen molar-refractivity contribution in [2.24, 2.45) is 28.6 Å². The van der Waals surface area contributed by atoms with Gasteiger partial charge in [0.2, 0.25) is 0 Å². The van der Waals surface area contributed by atoms with Crippen LogP contribution >= 0.6 is 0 Å². The third-order valence-corrected chi connectivity index (χ3v) is 6.61. The van der Waals surface area contributed by atoms with Gasteiger partial charge in [-0.3, -0.25) is 0 Å². The summed E-state index contributed by atoms with van der Waals surface area (Å²) >= 11 is 0. The standard InChI is InChI=1S/C17H20NO.Ir/c1-16(2)12-7-8-17(16,3)13-10-11-6-4-5-9-18(11)15(19)14(12)13;/h4-6,10,12-14H,7-8H2,1-3H3;/q-1;. The molecule has 4 aliphatic rings. The fraction of sp³-hybridized carbons (Fsp3) is 0.588. The summed E-state index contributed by atoms with van der Waals surface area (Å²) in [6, 6.07) is 0. The Morgan fingerprint density at radius 1 is 1.35 bits per heavy atom. The van der Waals surface area contributed by atoms with Crippen molar-refractivity contribution in [2.45, 2.75) is 33.6 Å². The first-order chi connectivity index (χ1) is 8.97. The first-order valence-electron chi connectivity index (χ1n) is 7.29. The van der Waals surface area contributed by atoms with Crippen LogP contribution in [0.25, 0.3) is 0 Å². The Labute approximate surface area is 134 Å². The number of nitrogens with zero attached hydrogens (tertiary/aromatic N) is 1. The second-order valence-corrected chi connectivity index (χ2v) is 7.26. The Morgan fingerprint density at radius 3 is 2.85 bits per heavy atom. The fourth-order valence-corrected chi connectivity index (χ4v) is 5.11. The SMILES string of the molecule is CC1(C)C2CCC1(C)C1C=C3C=CC=[C-]N3C(=O)C21.[Ir]. The minimum atomic E-state index is 0.